The zero-order valence-corrected chi connectivity index (χ0v) is 12.4. The molecule has 0 aromatic heterocycles. The molecule has 0 bridgehead atoms. The second kappa shape index (κ2) is 6.57. The van der Waals surface area contributed by atoms with Crippen LogP contribution < -0.4 is 5.73 Å². The Hall–Kier alpha value is -1.10. The summed E-state index contributed by atoms with van der Waals surface area (Å²) in [5.74, 6) is -0.0528. The maximum atomic E-state index is 12.3. The molecule has 0 radical (unpaired) electrons. The van der Waals surface area contributed by atoms with Gasteiger partial charge in [0.25, 0.3) is 0 Å². The van der Waals surface area contributed by atoms with Gasteiger partial charge in [0, 0.05) is 25.0 Å². The molecule has 114 valence electrons. The molecule has 20 heavy (non-hydrogen) atoms. The van der Waals surface area contributed by atoms with Crippen molar-refractivity contribution in [3.8, 4) is 0 Å². The van der Waals surface area contributed by atoms with Crippen LogP contribution in [-0.2, 0) is 14.3 Å². The highest BCUT2D eigenvalue weighted by atomic mass is 16.5. The normalized spacial score (nSPS) is 23.4. The third-order valence-corrected chi connectivity index (χ3v) is 4.73. The monoisotopic (exact) mass is 282 g/mol. The summed E-state index contributed by atoms with van der Waals surface area (Å²) >= 11 is 0. The topological polar surface area (TPSA) is 72.6 Å². The lowest BCUT2D eigenvalue weighted by Crippen LogP contribution is -2.48. The molecule has 0 spiro atoms. The van der Waals surface area contributed by atoms with Gasteiger partial charge in [0.2, 0.25) is 5.91 Å². The van der Waals surface area contributed by atoms with Gasteiger partial charge in [-0.25, -0.2) is 0 Å². The highest BCUT2D eigenvalue weighted by Gasteiger charge is 2.34. The number of nitrogens with two attached hydrogens (primary N) is 1. The van der Waals surface area contributed by atoms with Gasteiger partial charge < -0.3 is 15.4 Å². The first-order valence-corrected chi connectivity index (χ1v) is 7.68. The van der Waals surface area contributed by atoms with Crippen LogP contribution >= 0.6 is 0 Å². The highest BCUT2D eigenvalue weighted by Crippen LogP contribution is 2.30. The summed E-state index contributed by atoms with van der Waals surface area (Å²) in [5.41, 5.74) is 6.05. The number of carbonyl (C=O) groups is 2. The Balaban J connectivity index is 1.81. The third kappa shape index (κ3) is 3.72. The fourth-order valence-corrected chi connectivity index (χ4v) is 3.38. The Morgan fingerprint density at radius 1 is 1.20 bits per heavy atom. The van der Waals surface area contributed by atoms with Crippen molar-refractivity contribution in [2.75, 3.05) is 20.2 Å². The van der Waals surface area contributed by atoms with Crippen LogP contribution in [0.25, 0.3) is 0 Å². The summed E-state index contributed by atoms with van der Waals surface area (Å²) in [6, 6.07) is 0. The molecule has 0 unspecified atom stereocenters. The SMILES string of the molecule is COC(=O)C1CCN(C(=O)CC2(N)CCCCC2)CC1. The minimum Gasteiger partial charge on any atom is -0.469 e. The van der Waals surface area contributed by atoms with Crippen LogP contribution in [0.5, 0.6) is 0 Å². The molecule has 1 heterocycles. The maximum absolute atomic E-state index is 12.3. The van der Waals surface area contributed by atoms with Crippen LogP contribution in [0.4, 0.5) is 0 Å². The number of nitrogens with zero attached hydrogens (tertiary/aromatic N) is 1. The van der Waals surface area contributed by atoms with E-state index < -0.39 is 0 Å². The van der Waals surface area contributed by atoms with Crippen molar-refractivity contribution in [1.29, 1.82) is 0 Å². The Morgan fingerprint density at radius 3 is 2.35 bits per heavy atom. The average Bonchev–Trinajstić information content (AvgIpc) is 2.47. The first-order valence-electron chi connectivity index (χ1n) is 7.68. The Labute approximate surface area is 120 Å². The number of carbonyl (C=O) groups excluding carboxylic acids is 2. The molecule has 2 aliphatic rings. The van der Waals surface area contributed by atoms with Gasteiger partial charge in [0.1, 0.15) is 0 Å². The number of likely N-dealkylation sites (tertiary alicyclic amines) is 1. The predicted octanol–water partition coefficient (Wildman–Crippen LogP) is 1.45. The van der Waals surface area contributed by atoms with Gasteiger partial charge in [-0.3, -0.25) is 9.59 Å². The number of amides is 1. The minimum atomic E-state index is -0.297. The van der Waals surface area contributed by atoms with E-state index in [-0.39, 0.29) is 23.3 Å². The van der Waals surface area contributed by atoms with Gasteiger partial charge in [0.05, 0.1) is 13.0 Å². The zero-order valence-electron chi connectivity index (χ0n) is 12.4. The number of esters is 1. The summed E-state index contributed by atoms with van der Waals surface area (Å²) in [7, 11) is 1.42. The average molecular weight is 282 g/mol. The second-order valence-corrected chi connectivity index (χ2v) is 6.28. The quantitative estimate of drug-likeness (QED) is 0.795. The molecule has 1 saturated carbocycles. The lowest BCUT2D eigenvalue weighted by atomic mass is 9.80. The van der Waals surface area contributed by atoms with Crippen molar-refractivity contribution >= 4 is 11.9 Å². The van der Waals surface area contributed by atoms with E-state index in [0.29, 0.717) is 32.4 Å². The fraction of sp³-hybridized carbons (Fsp3) is 0.867. The first kappa shape index (κ1) is 15.3. The Bertz CT molecular complexity index is 356. The Kier molecular flexibility index (Phi) is 5.02. The van der Waals surface area contributed by atoms with Gasteiger partial charge in [0.15, 0.2) is 0 Å². The number of rotatable bonds is 3. The van der Waals surface area contributed by atoms with Crippen molar-refractivity contribution in [3.05, 3.63) is 0 Å². The van der Waals surface area contributed by atoms with E-state index in [1.54, 1.807) is 0 Å². The summed E-state index contributed by atoms with van der Waals surface area (Å²) in [6.45, 7) is 1.30. The second-order valence-electron chi connectivity index (χ2n) is 6.28. The van der Waals surface area contributed by atoms with Gasteiger partial charge in [-0.2, -0.15) is 0 Å². The number of piperidine rings is 1. The van der Waals surface area contributed by atoms with Crippen LogP contribution in [0, 0.1) is 5.92 Å². The number of hydrogen-bond acceptors (Lipinski definition) is 4. The van der Waals surface area contributed by atoms with Crippen LogP contribution in [0.3, 0.4) is 0 Å². The van der Waals surface area contributed by atoms with E-state index in [9.17, 15) is 9.59 Å². The molecule has 1 aliphatic heterocycles. The molecule has 2 rings (SSSR count). The summed E-state index contributed by atoms with van der Waals surface area (Å²) in [6.07, 6.45) is 7.27. The largest absolute Gasteiger partial charge is 0.469 e. The predicted molar refractivity (Wildman–Crippen MR) is 75.9 cm³/mol. The summed E-state index contributed by atoms with van der Waals surface area (Å²) < 4.78 is 4.76. The van der Waals surface area contributed by atoms with Crippen molar-refractivity contribution in [1.82, 2.24) is 4.90 Å². The smallest absolute Gasteiger partial charge is 0.308 e. The number of hydrogen-bond donors (Lipinski definition) is 1. The van der Waals surface area contributed by atoms with Gasteiger partial charge >= 0.3 is 5.97 Å². The molecule has 5 heteroatoms. The minimum absolute atomic E-state index is 0.0504. The van der Waals surface area contributed by atoms with E-state index in [2.05, 4.69) is 0 Å². The molecule has 0 atom stereocenters. The summed E-state index contributed by atoms with van der Waals surface area (Å²) in [4.78, 5) is 25.7. The lowest BCUT2D eigenvalue weighted by molar-refractivity contribution is -0.149. The molecule has 1 amide bonds. The van der Waals surface area contributed by atoms with E-state index in [1.165, 1.54) is 13.5 Å². The van der Waals surface area contributed by atoms with E-state index in [0.717, 1.165) is 25.7 Å². The molecule has 5 nitrogen and oxygen atoms in total. The highest BCUT2D eigenvalue weighted by molar-refractivity contribution is 5.78. The van der Waals surface area contributed by atoms with Crippen LogP contribution in [-0.4, -0.2) is 42.5 Å². The van der Waals surface area contributed by atoms with Crippen molar-refractivity contribution in [3.63, 3.8) is 0 Å². The Morgan fingerprint density at radius 2 is 1.80 bits per heavy atom. The van der Waals surface area contributed by atoms with Crippen molar-refractivity contribution in [2.24, 2.45) is 11.7 Å². The molecular formula is C15H26N2O3. The zero-order chi connectivity index (χ0) is 14.6. The molecule has 1 aliphatic carbocycles. The van der Waals surface area contributed by atoms with Crippen LogP contribution in [0.15, 0.2) is 0 Å². The van der Waals surface area contributed by atoms with E-state index >= 15 is 0 Å². The van der Waals surface area contributed by atoms with Crippen molar-refractivity contribution < 1.29 is 14.3 Å². The maximum Gasteiger partial charge on any atom is 0.308 e. The van der Waals surface area contributed by atoms with Gasteiger partial charge in [-0.15, -0.1) is 0 Å². The molecule has 2 N–H and O–H groups in total. The molecule has 2 fully saturated rings. The lowest BCUT2D eigenvalue weighted by Gasteiger charge is -2.36. The molecule has 0 aromatic rings. The van der Waals surface area contributed by atoms with E-state index in [1.807, 2.05) is 4.90 Å². The van der Waals surface area contributed by atoms with Crippen LogP contribution in [0.1, 0.15) is 51.4 Å². The van der Waals surface area contributed by atoms with Crippen LogP contribution in [0.2, 0.25) is 0 Å². The molecular weight excluding hydrogens is 256 g/mol. The van der Waals surface area contributed by atoms with Crippen molar-refractivity contribution in [2.45, 2.75) is 56.9 Å². The van der Waals surface area contributed by atoms with Gasteiger partial charge in [-0.05, 0) is 25.7 Å². The standard InChI is InChI=1S/C15H26N2O3/c1-20-14(19)12-5-9-17(10-6-12)13(18)11-15(16)7-3-2-4-8-15/h12H,2-11,16H2,1H3. The third-order valence-electron chi connectivity index (χ3n) is 4.73. The first-order chi connectivity index (χ1) is 9.54. The summed E-state index contributed by atoms with van der Waals surface area (Å²) in [5, 5.41) is 0. The van der Waals surface area contributed by atoms with Gasteiger partial charge in [-0.1, -0.05) is 19.3 Å². The number of ether oxygens (including phenoxy) is 1. The fourth-order valence-electron chi connectivity index (χ4n) is 3.38. The molecule has 1 saturated heterocycles. The number of methoxy groups -OCH3 is 1. The van der Waals surface area contributed by atoms with E-state index in [4.69, 9.17) is 10.5 Å². The molecule has 0 aromatic carbocycles.